The highest BCUT2D eigenvalue weighted by Gasteiger charge is 2.29. The maximum Gasteiger partial charge on any atom is 0.161 e. The number of phenolic OH excluding ortho intramolecular Hbond substituents is 1. The van der Waals surface area contributed by atoms with Gasteiger partial charge in [-0.15, -0.1) is 6.58 Å². The summed E-state index contributed by atoms with van der Waals surface area (Å²) in [5, 5.41) is 29.7. The molecule has 0 saturated carbocycles. The van der Waals surface area contributed by atoms with E-state index in [0.29, 0.717) is 46.7 Å². The number of hydrogen-bond acceptors (Lipinski definition) is 6. The number of pyridine rings is 1. The van der Waals surface area contributed by atoms with Crippen LogP contribution < -0.4 is 10.5 Å². The van der Waals surface area contributed by atoms with Crippen LogP contribution in [0.4, 0.5) is 5.82 Å². The Kier molecular flexibility index (Phi) is 5.62. The van der Waals surface area contributed by atoms with Gasteiger partial charge < -0.3 is 15.6 Å². The van der Waals surface area contributed by atoms with Gasteiger partial charge in [-0.05, 0) is 67.7 Å². The molecule has 0 fully saturated rings. The molecule has 1 heterocycles. The molecule has 3 N–H and O–H groups in total. The van der Waals surface area contributed by atoms with Crippen LogP contribution in [0.3, 0.4) is 0 Å². The molecule has 0 amide bonds. The highest BCUT2D eigenvalue weighted by molar-refractivity contribution is 6.08. The van der Waals surface area contributed by atoms with Crippen molar-refractivity contribution in [3.8, 4) is 23.6 Å². The van der Waals surface area contributed by atoms with Crippen molar-refractivity contribution in [2.45, 2.75) is 27.2 Å². The van der Waals surface area contributed by atoms with Crippen molar-refractivity contribution in [1.82, 2.24) is 4.98 Å². The summed E-state index contributed by atoms with van der Waals surface area (Å²) in [6, 6.07) is 7.92. The van der Waals surface area contributed by atoms with Gasteiger partial charge >= 0.3 is 0 Å². The van der Waals surface area contributed by atoms with Gasteiger partial charge in [0.15, 0.2) is 11.5 Å². The molecule has 150 valence electrons. The van der Waals surface area contributed by atoms with E-state index in [1.807, 2.05) is 32.9 Å². The predicted molar refractivity (Wildman–Crippen MR) is 117 cm³/mol. The van der Waals surface area contributed by atoms with Crippen molar-refractivity contribution >= 4 is 23.0 Å². The summed E-state index contributed by atoms with van der Waals surface area (Å²) in [7, 11) is 0. The van der Waals surface area contributed by atoms with Gasteiger partial charge in [0.05, 0.1) is 23.4 Å². The van der Waals surface area contributed by atoms with Gasteiger partial charge in [-0.3, -0.25) is 0 Å². The molecule has 1 aromatic carbocycles. The smallest absolute Gasteiger partial charge is 0.161 e. The molecular weight excluding hydrogens is 376 g/mol. The first-order chi connectivity index (χ1) is 14.4. The molecule has 0 radical (unpaired) electrons. The molecule has 0 spiro atoms. The van der Waals surface area contributed by atoms with Crippen LogP contribution in [0.25, 0.3) is 17.2 Å². The Morgan fingerprint density at radius 1 is 1.27 bits per heavy atom. The summed E-state index contributed by atoms with van der Waals surface area (Å²) in [5.74, 6) is 0.592. The zero-order chi connectivity index (χ0) is 22.0. The second-order valence-corrected chi connectivity index (χ2v) is 6.95. The molecule has 1 aliphatic rings. The Hall–Kier alpha value is -4.03. The lowest BCUT2D eigenvalue weighted by Gasteiger charge is -2.13. The summed E-state index contributed by atoms with van der Waals surface area (Å²) in [6.07, 6.45) is 4.11. The number of benzene rings is 1. The number of nitriles is 2. The molecule has 1 aliphatic carbocycles. The third kappa shape index (κ3) is 3.29. The van der Waals surface area contributed by atoms with E-state index in [1.54, 1.807) is 12.1 Å². The van der Waals surface area contributed by atoms with E-state index in [2.05, 4.69) is 23.7 Å². The number of rotatable bonds is 5. The average molecular weight is 398 g/mol. The first-order valence-electron chi connectivity index (χ1n) is 9.51. The summed E-state index contributed by atoms with van der Waals surface area (Å²) >= 11 is 0. The highest BCUT2D eigenvalue weighted by atomic mass is 16.5. The number of phenols is 1. The molecule has 0 bridgehead atoms. The van der Waals surface area contributed by atoms with Crippen LogP contribution >= 0.6 is 0 Å². The van der Waals surface area contributed by atoms with Gasteiger partial charge in [-0.1, -0.05) is 6.08 Å². The van der Waals surface area contributed by atoms with E-state index >= 15 is 0 Å². The lowest BCUT2D eigenvalue weighted by atomic mass is 9.95. The largest absolute Gasteiger partial charge is 0.504 e. The number of nitrogens with two attached hydrogens (primary N) is 1. The maximum absolute atomic E-state index is 10.5. The van der Waals surface area contributed by atoms with Crippen molar-refractivity contribution < 1.29 is 9.84 Å². The fourth-order valence-electron chi connectivity index (χ4n) is 3.71. The molecule has 6 heteroatoms. The average Bonchev–Trinajstić information content (AvgIpc) is 2.96. The number of nitrogens with zero attached hydrogens (tertiary/aromatic N) is 3. The van der Waals surface area contributed by atoms with Crippen molar-refractivity contribution in [3.63, 3.8) is 0 Å². The number of aromatic hydroxyl groups is 1. The van der Waals surface area contributed by atoms with Crippen molar-refractivity contribution in [1.29, 1.82) is 10.5 Å². The maximum atomic E-state index is 10.5. The van der Waals surface area contributed by atoms with Crippen LogP contribution in [0, 0.1) is 29.6 Å². The summed E-state index contributed by atoms with van der Waals surface area (Å²) in [4.78, 5) is 4.34. The second-order valence-electron chi connectivity index (χ2n) is 6.95. The van der Waals surface area contributed by atoms with Crippen LogP contribution in [0.15, 0.2) is 30.4 Å². The molecular formula is C24H22N4O2. The third-order valence-electron chi connectivity index (χ3n) is 5.14. The van der Waals surface area contributed by atoms with Gasteiger partial charge in [0, 0.05) is 11.1 Å². The molecule has 2 aromatic rings. The van der Waals surface area contributed by atoms with Crippen LogP contribution in [0.2, 0.25) is 0 Å². The predicted octanol–water partition coefficient (Wildman–Crippen LogP) is 4.53. The monoisotopic (exact) mass is 398 g/mol. The van der Waals surface area contributed by atoms with E-state index in [1.165, 1.54) is 0 Å². The lowest BCUT2D eigenvalue weighted by molar-refractivity contribution is 0.317. The van der Waals surface area contributed by atoms with E-state index in [9.17, 15) is 15.6 Å². The normalized spacial score (nSPS) is 13.7. The molecule has 0 saturated heterocycles. The van der Waals surface area contributed by atoms with Crippen LogP contribution in [-0.2, 0) is 6.42 Å². The number of allylic oxidation sites excluding steroid dienone is 4. The van der Waals surface area contributed by atoms with Crippen molar-refractivity contribution in [2.75, 3.05) is 12.3 Å². The zero-order valence-corrected chi connectivity index (χ0v) is 17.2. The molecule has 1 aromatic heterocycles. The van der Waals surface area contributed by atoms with E-state index in [0.717, 1.165) is 22.3 Å². The Morgan fingerprint density at radius 3 is 2.60 bits per heavy atom. The summed E-state index contributed by atoms with van der Waals surface area (Å²) < 4.78 is 5.59. The molecule has 3 rings (SSSR count). The van der Waals surface area contributed by atoms with Crippen LogP contribution in [0.5, 0.6) is 11.5 Å². The van der Waals surface area contributed by atoms with Gasteiger partial charge in [-0.25, -0.2) is 4.98 Å². The minimum absolute atomic E-state index is 0.0908. The summed E-state index contributed by atoms with van der Waals surface area (Å²) in [6.45, 7) is 9.66. The number of anilines is 1. The molecule has 0 unspecified atom stereocenters. The Labute approximate surface area is 175 Å². The Morgan fingerprint density at radius 2 is 2.00 bits per heavy atom. The fraction of sp³-hybridized carbons (Fsp3) is 0.208. The molecule has 6 nitrogen and oxygen atoms in total. The standard InChI is InChI=1S/C24H22N4O2/c1-5-7-16-8-15(10-20(23(16)29)30-6-2)9-17-13(3)18(11-25)22-21(17)14(4)19(12-26)24(27)28-22/h5,8-10,29H,1,6-7H2,2-4H3,(H2,27,28)/b17-9-. The van der Waals surface area contributed by atoms with Gasteiger partial charge in [-0.2, -0.15) is 10.5 Å². The lowest BCUT2D eigenvalue weighted by Crippen LogP contribution is -2.03. The summed E-state index contributed by atoms with van der Waals surface area (Å²) in [5.41, 5.74) is 11.6. The molecule has 0 aliphatic heterocycles. The van der Waals surface area contributed by atoms with Gasteiger partial charge in [0.1, 0.15) is 18.0 Å². The van der Waals surface area contributed by atoms with Gasteiger partial charge in [0.25, 0.3) is 0 Å². The minimum atomic E-state index is 0.0908. The molecule has 30 heavy (non-hydrogen) atoms. The van der Waals surface area contributed by atoms with Crippen molar-refractivity contribution in [3.05, 3.63) is 63.9 Å². The molecule has 0 atom stereocenters. The third-order valence-corrected chi connectivity index (χ3v) is 5.14. The van der Waals surface area contributed by atoms with E-state index < -0.39 is 0 Å². The second kappa shape index (κ2) is 8.14. The Balaban J connectivity index is 2.30. The van der Waals surface area contributed by atoms with Crippen molar-refractivity contribution in [2.24, 2.45) is 0 Å². The number of ether oxygens (including phenoxy) is 1. The van der Waals surface area contributed by atoms with E-state index in [-0.39, 0.29) is 11.6 Å². The van der Waals surface area contributed by atoms with Crippen LogP contribution in [-0.4, -0.2) is 16.7 Å². The van der Waals surface area contributed by atoms with Gasteiger partial charge in [0.2, 0.25) is 0 Å². The van der Waals surface area contributed by atoms with Crippen LogP contribution in [0.1, 0.15) is 47.4 Å². The minimum Gasteiger partial charge on any atom is -0.504 e. The highest BCUT2D eigenvalue weighted by Crippen LogP contribution is 2.44. The first kappa shape index (κ1) is 20.7. The Bertz CT molecular complexity index is 1210. The number of fused-ring (bicyclic) bond motifs is 1. The quantitative estimate of drug-likeness (QED) is 0.715. The zero-order valence-electron chi connectivity index (χ0n) is 17.2. The van der Waals surface area contributed by atoms with E-state index in [4.69, 9.17) is 10.5 Å². The number of nitrogen functional groups attached to an aromatic ring is 1. The topological polar surface area (TPSA) is 116 Å². The first-order valence-corrected chi connectivity index (χ1v) is 9.51. The fourth-order valence-corrected chi connectivity index (χ4v) is 3.71. The number of aromatic nitrogens is 1. The number of hydrogen-bond donors (Lipinski definition) is 2. The SMILES string of the molecule is C=CCc1cc(/C=C2/C(C)=C(C#N)c3nc(N)c(C#N)c(C)c32)cc(OCC)c1O.